The highest BCUT2D eigenvalue weighted by Gasteiger charge is 2.14. The van der Waals surface area contributed by atoms with Crippen LogP contribution in [0.15, 0.2) is 6.20 Å². The molecule has 2 atom stereocenters. The van der Waals surface area contributed by atoms with Crippen LogP contribution in [0.1, 0.15) is 44.5 Å². The van der Waals surface area contributed by atoms with Crippen molar-refractivity contribution in [1.29, 1.82) is 0 Å². The molecule has 1 heterocycles. The van der Waals surface area contributed by atoms with Gasteiger partial charge in [0.15, 0.2) is 5.13 Å². The van der Waals surface area contributed by atoms with Crippen LogP contribution in [0.5, 0.6) is 0 Å². The summed E-state index contributed by atoms with van der Waals surface area (Å²) in [7, 11) is 4.11. The summed E-state index contributed by atoms with van der Waals surface area (Å²) in [5, 5.41) is 4.36. The molecule has 0 bridgehead atoms. The van der Waals surface area contributed by atoms with Crippen molar-refractivity contribution in [3.63, 3.8) is 0 Å². The molecule has 0 spiro atoms. The van der Waals surface area contributed by atoms with Gasteiger partial charge < -0.3 is 10.2 Å². The van der Waals surface area contributed by atoms with Crippen LogP contribution in [0.3, 0.4) is 0 Å². The third-order valence-electron chi connectivity index (χ3n) is 3.04. The predicted octanol–water partition coefficient (Wildman–Crippen LogP) is 3.05. The largest absolute Gasteiger partial charge is 0.348 e. The SMILES string of the molecule is CCCC(C)N(C)c1ncc(C(C)NC)s1. The first-order valence-corrected chi connectivity index (χ1v) is 6.77. The lowest BCUT2D eigenvalue weighted by atomic mass is 10.2. The first kappa shape index (κ1) is 13.5. The summed E-state index contributed by atoms with van der Waals surface area (Å²) >= 11 is 1.78. The van der Waals surface area contributed by atoms with Crippen molar-refractivity contribution in [2.75, 3.05) is 19.0 Å². The number of hydrogen-bond donors (Lipinski definition) is 1. The van der Waals surface area contributed by atoms with Crippen LogP contribution < -0.4 is 10.2 Å². The van der Waals surface area contributed by atoms with Gasteiger partial charge in [-0.3, -0.25) is 0 Å². The summed E-state index contributed by atoms with van der Waals surface area (Å²) in [6.45, 7) is 6.64. The fourth-order valence-corrected chi connectivity index (χ4v) is 2.62. The van der Waals surface area contributed by atoms with E-state index in [0.717, 1.165) is 5.13 Å². The maximum atomic E-state index is 4.49. The number of nitrogens with one attached hydrogen (secondary N) is 1. The maximum Gasteiger partial charge on any atom is 0.185 e. The van der Waals surface area contributed by atoms with E-state index in [0.29, 0.717) is 12.1 Å². The molecule has 0 aliphatic carbocycles. The number of thiazole rings is 1. The van der Waals surface area contributed by atoms with Crippen molar-refractivity contribution in [2.24, 2.45) is 0 Å². The summed E-state index contributed by atoms with van der Waals surface area (Å²) in [6.07, 6.45) is 4.42. The van der Waals surface area contributed by atoms with Crippen molar-refractivity contribution in [1.82, 2.24) is 10.3 Å². The Balaban J connectivity index is 2.69. The Hall–Kier alpha value is -0.610. The van der Waals surface area contributed by atoms with Crippen LogP contribution in [0.2, 0.25) is 0 Å². The second-order valence-corrected chi connectivity index (χ2v) is 5.34. The number of anilines is 1. The maximum absolute atomic E-state index is 4.49. The van der Waals surface area contributed by atoms with Crippen molar-refractivity contribution >= 4 is 16.5 Å². The smallest absolute Gasteiger partial charge is 0.185 e. The Labute approximate surface area is 103 Å². The number of aromatic nitrogens is 1. The molecule has 0 aromatic carbocycles. The first-order valence-electron chi connectivity index (χ1n) is 5.96. The summed E-state index contributed by atoms with van der Waals surface area (Å²) in [5.41, 5.74) is 0. The molecule has 0 saturated heterocycles. The lowest BCUT2D eigenvalue weighted by Crippen LogP contribution is -2.28. The van der Waals surface area contributed by atoms with Crippen LogP contribution >= 0.6 is 11.3 Å². The van der Waals surface area contributed by atoms with E-state index in [2.05, 4.69) is 43.0 Å². The first-order chi connectivity index (χ1) is 7.60. The molecule has 1 rings (SSSR count). The molecule has 2 unspecified atom stereocenters. The highest BCUT2D eigenvalue weighted by molar-refractivity contribution is 7.15. The van der Waals surface area contributed by atoms with Gasteiger partial charge in [-0.05, 0) is 27.3 Å². The molecule has 0 fully saturated rings. The molecule has 0 aliphatic heterocycles. The minimum atomic E-state index is 0.390. The monoisotopic (exact) mass is 241 g/mol. The highest BCUT2D eigenvalue weighted by Crippen LogP contribution is 2.27. The summed E-state index contributed by atoms with van der Waals surface area (Å²) in [6, 6.07) is 0.954. The van der Waals surface area contributed by atoms with E-state index in [9.17, 15) is 0 Å². The van der Waals surface area contributed by atoms with E-state index in [4.69, 9.17) is 0 Å². The van der Waals surface area contributed by atoms with Crippen LogP contribution in [0.25, 0.3) is 0 Å². The molecule has 0 amide bonds. The van der Waals surface area contributed by atoms with Gasteiger partial charge in [0, 0.05) is 30.2 Å². The van der Waals surface area contributed by atoms with Gasteiger partial charge in [0.2, 0.25) is 0 Å². The van der Waals surface area contributed by atoms with Crippen molar-refractivity contribution < 1.29 is 0 Å². The van der Waals surface area contributed by atoms with Gasteiger partial charge in [-0.25, -0.2) is 4.98 Å². The zero-order chi connectivity index (χ0) is 12.1. The van der Waals surface area contributed by atoms with Gasteiger partial charge in [-0.1, -0.05) is 13.3 Å². The fraction of sp³-hybridized carbons (Fsp3) is 0.750. The zero-order valence-electron chi connectivity index (χ0n) is 10.9. The normalized spacial score (nSPS) is 14.8. The number of hydrogen-bond acceptors (Lipinski definition) is 4. The van der Waals surface area contributed by atoms with E-state index in [1.807, 2.05) is 13.2 Å². The Kier molecular flexibility index (Phi) is 5.22. The van der Waals surface area contributed by atoms with Crippen molar-refractivity contribution in [3.8, 4) is 0 Å². The van der Waals surface area contributed by atoms with Crippen LogP contribution in [-0.2, 0) is 0 Å². The van der Waals surface area contributed by atoms with E-state index in [1.165, 1.54) is 17.7 Å². The van der Waals surface area contributed by atoms with Gasteiger partial charge in [-0.15, -0.1) is 11.3 Å². The summed E-state index contributed by atoms with van der Waals surface area (Å²) < 4.78 is 0. The van der Waals surface area contributed by atoms with E-state index in [-0.39, 0.29) is 0 Å². The van der Waals surface area contributed by atoms with Crippen LogP contribution in [0, 0.1) is 0 Å². The van der Waals surface area contributed by atoms with Gasteiger partial charge >= 0.3 is 0 Å². The standard InChI is InChI=1S/C12H23N3S/c1-6-7-9(2)15(5)12-14-8-11(16-12)10(3)13-4/h8-10,13H,6-7H2,1-5H3. The molecule has 0 aliphatic rings. The van der Waals surface area contributed by atoms with Gasteiger partial charge in [-0.2, -0.15) is 0 Å². The summed E-state index contributed by atoms with van der Waals surface area (Å²) in [5.74, 6) is 0. The van der Waals surface area contributed by atoms with Crippen LogP contribution in [0.4, 0.5) is 5.13 Å². The molecule has 1 aromatic rings. The Morgan fingerprint density at radius 3 is 2.75 bits per heavy atom. The minimum Gasteiger partial charge on any atom is -0.348 e. The molecule has 0 saturated carbocycles. The fourth-order valence-electron chi connectivity index (χ4n) is 1.58. The topological polar surface area (TPSA) is 28.2 Å². The molecule has 3 nitrogen and oxygen atoms in total. The number of rotatable bonds is 6. The highest BCUT2D eigenvalue weighted by atomic mass is 32.1. The molecule has 0 radical (unpaired) electrons. The van der Waals surface area contributed by atoms with Crippen molar-refractivity contribution in [2.45, 2.75) is 45.7 Å². The predicted molar refractivity (Wildman–Crippen MR) is 72.4 cm³/mol. The third-order valence-corrected chi connectivity index (χ3v) is 4.31. The molecule has 4 heteroatoms. The van der Waals surface area contributed by atoms with Gasteiger partial charge in [0.25, 0.3) is 0 Å². The minimum absolute atomic E-state index is 0.390. The molecule has 1 N–H and O–H groups in total. The average Bonchev–Trinajstić information content (AvgIpc) is 2.76. The van der Waals surface area contributed by atoms with Crippen molar-refractivity contribution in [3.05, 3.63) is 11.1 Å². The molecular formula is C12H23N3S. The second kappa shape index (κ2) is 6.21. The van der Waals surface area contributed by atoms with Gasteiger partial charge in [0.05, 0.1) is 0 Å². The Morgan fingerprint density at radius 1 is 1.50 bits per heavy atom. The molecular weight excluding hydrogens is 218 g/mol. The lowest BCUT2D eigenvalue weighted by molar-refractivity contribution is 0.615. The van der Waals surface area contributed by atoms with E-state index >= 15 is 0 Å². The zero-order valence-corrected chi connectivity index (χ0v) is 11.8. The van der Waals surface area contributed by atoms with E-state index in [1.54, 1.807) is 11.3 Å². The summed E-state index contributed by atoms with van der Waals surface area (Å²) in [4.78, 5) is 8.07. The second-order valence-electron chi connectivity index (χ2n) is 4.30. The third kappa shape index (κ3) is 3.19. The Morgan fingerprint density at radius 2 is 2.19 bits per heavy atom. The molecule has 16 heavy (non-hydrogen) atoms. The Bertz CT molecular complexity index is 311. The lowest BCUT2D eigenvalue weighted by Gasteiger charge is -2.23. The number of nitrogens with zero attached hydrogens (tertiary/aromatic N) is 2. The average molecular weight is 241 g/mol. The molecule has 1 aromatic heterocycles. The van der Waals surface area contributed by atoms with E-state index < -0.39 is 0 Å². The quantitative estimate of drug-likeness (QED) is 0.829. The van der Waals surface area contributed by atoms with Gasteiger partial charge in [0.1, 0.15) is 0 Å². The van der Waals surface area contributed by atoms with Crippen LogP contribution in [-0.4, -0.2) is 25.1 Å². The molecule has 92 valence electrons.